The summed E-state index contributed by atoms with van der Waals surface area (Å²) in [5.41, 5.74) is 2.12. The van der Waals surface area contributed by atoms with Gasteiger partial charge < -0.3 is 9.84 Å². The van der Waals surface area contributed by atoms with Crippen molar-refractivity contribution in [1.82, 2.24) is 30.6 Å². The minimum absolute atomic E-state index is 0.283. The van der Waals surface area contributed by atoms with Crippen molar-refractivity contribution in [2.24, 2.45) is 5.92 Å². The lowest BCUT2D eigenvalue weighted by atomic mass is 10.1. The molecule has 1 unspecified atom stereocenters. The third kappa shape index (κ3) is 6.60. The Morgan fingerprint density at radius 1 is 1.10 bits per heavy atom. The fourth-order valence-corrected chi connectivity index (χ4v) is 3.36. The molecule has 2 heterocycles. The second kappa shape index (κ2) is 10.5. The Bertz CT molecular complexity index is 872. The predicted molar refractivity (Wildman–Crippen MR) is 117 cm³/mol. The Balaban J connectivity index is 1.44. The average molecular weight is 429 g/mol. The van der Waals surface area contributed by atoms with Crippen molar-refractivity contribution in [2.45, 2.75) is 40.3 Å². The Kier molecular flexibility index (Phi) is 7.75. The van der Waals surface area contributed by atoms with Gasteiger partial charge in [0.2, 0.25) is 17.6 Å². The molecule has 1 fully saturated rings. The van der Waals surface area contributed by atoms with Crippen molar-refractivity contribution >= 4 is 11.9 Å². The molecule has 1 aromatic carbocycles. The van der Waals surface area contributed by atoms with Crippen molar-refractivity contribution in [3.63, 3.8) is 0 Å². The van der Waals surface area contributed by atoms with Crippen molar-refractivity contribution in [2.75, 3.05) is 32.7 Å². The number of piperazine rings is 1. The topological polar surface area (TPSA) is 104 Å². The van der Waals surface area contributed by atoms with E-state index in [1.165, 1.54) is 5.56 Å². The minimum Gasteiger partial charge on any atom is -0.338 e. The SMILES string of the molecule is Cc1ccc(-c2noc(CN3CCN(C(C)C(=O)NC(=O)NCC(C)C)CC3)n2)cc1. The first-order valence-electron chi connectivity index (χ1n) is 10.8. The number of amides is 3. The van der Waals surface area contributed by atoms with E-state index in [-0.39, 0.29) is 11.9 Å². The van der Waals surface area contributed by atoms with E-state index in [9.17, 15) is 9.59 Å². The molecular formula is C22H32N6O3. The quantitative estimate of drug-likeness (QED) is 0.695. The van der Waals surface area contributed by atoms with Crippen LogP contribution in [0.4, 0.5) is 4.79 Å². The van der Waals surface area contributed by atoms with E-state index in [0.29, 0.717) is 30.7 Å². The Hall–Kier alpha value is -2.78. The number of aryl methyl sites for hydroxylation is 1. The van der Waals surface area contributed by atoms with Gasteiger partial charge in [-0.05, 0) is 19.8 Å². The molecule has 0 saturated carbocycles. The lowest BCUT2D eigenvalue weighted by Gasteiger charge is -2.36. The summed E-state index contributed by atoms with van der Waals surface area (Å²) in [7, 11) is 0. The molecule has 1 aliphatic rings. The third-order valence-corrected chi connectivity index (χ3v) is 5.38. The van der Waals surface area contributed by atoms with Gasteiger partial charge in [-0.3, -0.25) is 19.9 Å². The van der Waals surface area contributed by atoms with Gasteiger partial charge in [-0.1, -0.05) is 48.8 Å². The molecule has 0 aliphatic carbocycles. The summed E-state index contributed by atoms with van der Waals surface area (Å²) in [5.74, 6) is 1.22. The van der Waals surface area contributed by atoms with Gasteiger partial charge in [0.15, 0.2) is 0 Å². The molecule has 31 heavy (non-hydrogen) atoms. The van der Waals surface area contributed by atoms with Crippen LogP contribution in [0.5, 0.6) is 0 Å². The highest BCUT2D eigenvalue weighted by Gasteiger charge is 2.27. The van der Waals surface area contributed by atoms with Crippen molar-refractivity contribution in [3.8, 4) is 11.4 Å². The highest BCUT2D eigenvalue weighted by molar-refractivity contribution is 5.96. The zero-order chi connectivity index (χ0) is 22.4. The van der Waals surface area contributed by atoms with Gasteiger partial charge in [-0.25, -0.2) is 4.79 Å². The molecule has 0 bridgehead atoms. The fraction of sp³-hybridized carbons (Fsp3) is 0.545. The van der Waals surface area contributed by atoms with Crippen molar-refractivity contribution in [3.05, 3.63) is 35.7 Å². The van der Waals surface area contributed by atoms with Crippen LogP contribution in [0.3, 0.4) is 0 Å². The van der Waals surface area contributed by atoms with E-state index in [1.807, 2.05) is 52.0 Å². The van der Waals surface area contributed by atoms with Crippen LogP contribution >= 0.6 is 0 Å². The summed E-state index contributed by atoms with van der Waals surface area (Å²) in [4.78, 5) is 33.0. The number of benzene rings is 1. The molecule has 3 rings (SSSR count). The van der Waals surface area contributed by atoms with Crippen LogP contribution in [-0.2, 0) is 11.3 Å². The molecule has 0 spiro atoms. The minimum atomic E-state index is -0.440. The first-order valence-corrected chi connectivity index (χ1v) is 10.8. The highest BCUT2D eigenvalue weighted by atomic mass is 16.5. The third-order valence-electron chi connectivity index (χ3n) is 5.38. The Morgan fingerprint density at radius 3 is 2.42 bits per heavy atom. The molecule has 9 heteroatoms. The first-order chi connectivity index (χ1) is 14.8. The van der Waals surface area contributed by atoms with Gasteiger partial charge >= 0.3 is 6.03 Å². The summed E-state index contributed by atoms with van der Waals surface area (Å²) in [6, 6.07) is 7.20. The van der Waals surface area contributed by atoms with Crippen LogP contribution in [0.15, 0.2) is 28.8 Å². The molecule has 1 atom stereocenters. The van der Waals surface area contributed by atoms with Crippen LogP contribution < -0.4 is 10.6 Å². The highest BCUT2D eigenvalue weighted by Crippen LogP contribution is 2.17. The summed E-state index contributed by atoms with van der Waals surface area (Å²) in [6.07, 6.45) is 0. The number of urea groups is 1. The van der Waals surface area contributed by atoms with Crippen molar-refractivity contribution in [1.29, 1.82) is 0 Å². The van der Waals surface area contributed by atoms with Crippen LogP contribution in [0.25, 0.3) is 11.4 Å². The van der Waals surface area contributed by atoms with Crippen LogP contribution in [0, 0.1) is 12.8 Å². The van der Waals surface area contributed by atoms with Gasteiger partial charge in [-0.15, -0.1) is 0 Å². The average Bonchev–Trinajstić information content (AvgIpc) is 3.21. The molecule has 3 amide bonds. The first kappa shape index (κ1) is 22.9. The number of nitrogens with zero attached hydrogens (tertiary/aromatic N) is 4. The maximum Gasteiger partial charge on any atom is 0.321 e. The summed E-state index contributed by atoms with van der Waals surface area (Å²) >= 11 is 0. The molecule has 0 radical (unpaired) electrons. The van der Waals surface area contributed by atoms with Gasteiger partial charge in [-0.2, -0.15) is 4.98 Å². The number of hydrogen-bond acceptors (Lipinski definition) is 7. The van der Waals surface area contributed by atoms with E-state index in [1.54, 1.807) is 0 Å². The smallest absolute Gasteiger partial charge is 0.321 e. The van der Waals surface area contributed by atoms with Gasteiger partial charge in [0.1, 0.15) is 0 Å². The summed E-state index contributed by atoms with van der Waals surface area (Å²) < 4.78 is 5.42. The van der Waals surface area contributed by atoms with Gasteiger partial charge in [0.25, 0.3) is 0 Å². The molecule has 2 aromatic rings. The van der Waals surface area contributed by atoms with E-state index in [2.05, 4.69) is 30.6 Å². The lowest BCUT2D eigenvalue weighted by Crippen LogP contribution is -2.55. The molecular weight excluding hydrogens is 396 g/mol. The monoisotopic (exact) mass is 428 g/mol. The molecule has 1 aromatic heterocycles. The maximum atomic E-state index is 12.4. The van der Waals surface area contributed by atoms with Gasteiger partial charge in [0, 0.05) is 38.3 Å². The number of carbonyl (C=O) groups excluding carboxylic acids is 2. The zero-order valence-electron chi connectivity index (χ0n) is 18.7. The standard InChI is InChI=1S/C22H32N6O3/c1-15(2)13-23-22(30)25-21(29)17(4)28-11-9-27(10-12-28)14-19-24-20(26-31-19)18-7-5-16(3)6-8-18/h5-8,15,17H,9-14H2,1-4H3,(H2,23,25,29,30). The van der Waals surface area contributed by atoms with E-state index >= 15 is 0 Å². The largest absolute Gasteiger partial charge is 0.338 e. The number of hydrogen-bond donors (Lipinski definition) is 2. The van der Waals surface area contributed by atoms with Crippen LogP contribution in [0.1, 0.15) is 32.2 Å². The van der Waals surface area contributed by atoms with Crippen molar-refractivity contribution < 1.29 is 14.1 Å². The maximum absolute atomic E-state index is 12.4. The number of carbonyl (C=O) groups is 2. The number of rotatable bonds is 7. The van der Waals surface area contributed by atoms with Gasteiger partial charge in [0.05, 0.1) is 12.6 Å². The molecule has 168 valence electrons. The Morgan fingerprint density at radius 2 is 1.77 bits per heavy atom. The van der Waals surface area contributed by atoms with Crippen LogP contribution in [-0.4, -0.2) is 70.6 Å². The molecule has 2 N–H and O–H groups in total. The zero-order valence-corrected chi connectivity index (χ0v) is 18.7. The summed E-state index contributed by atoms with van der Waals surface area (Å²) in [6.45, 7) is 12.0. The van der Waals surface area contributed by atoms with E-state index in [0.717, 1.165) is 31.7 Å². The number of imide groups is 1. The Labute approximate surface area is 183 Å². The lowest BCUT2D eigenvalue weighted by molar-refractivity contribution is -0.125. The summed E-state index contributed by atoms with van der Waals surface area (Å²) in [5, 5.41) is 9.22. The second-order valence-corrected chi connectivity index (χ2v) is 8.46. The van der Waals surface area contributed by atoms with E-state index in [4.69, 9.17) is 4.52 Å². The van der Waals surface area contributed by atoms with E-state index < -0.39 is 6.03 Å². The fourth-order valence-electron chi connectivity index (χ4n) is 3.36. The normalized spacial score (nSPS) is 16.3. The molecule has 1 saturated heterocycles. The number of nitrogens with one attached hydrogen (secondary N) is 2. The molecule has 9 nitrogen and oxygen atoms in total. The second-order valence-electron chi connectivity index (χ2n) is 8.46. The molecule has 1 aliphatic heterocycles. The number of aromatic nitrogens is 2. The predicted octanol–water partition coefficient (Wildman–Crippen LogP) is 2.03. The van der Waals surface area contributed by atoms with Crippen LogP contribution in [0.2, 0.25) is 0 Å².